The van der Waals surface area contributed by atoms with Gasteiger partial charge in [0.1, 0.15) is 0 Å². The number of amides is 2. The molecule has 0 bridgehead atoms. The number of nitrogens with two attached hydrogens (primary N) is 1. The van der Waals surface area contributed by atoms with E-state index in [1.165, 1.54) is 38.1 Å². The molecule has 2 amide bonds. The van der Waals surface area contributed by atoms with Crippen molar-refractivity contribution >= 4 is 29.3 Å². The molecule has 158 valence electrons. The Morgan fingerprint density at radius 1 is 1.07 bits per heavy atom. The molecule has 0 aliphatic carbocycles. The van der Waals surface area contributed by atoms with E-state index < -0.39 is 5.91 Å². The molecular formula is C23H27N3O4. The van der Waals surface area contributed by atoms with Gasteiger partial charge in [-0.25, -0.2) is 0 Å². The minimum atomic E-state index is -0.568. The van der Waals surface area contributed by atoms with Crippen LogP contribution in [0.15, 0.2) is 48.5 Å². The van der Waals surface area contributed by atoms with Crippen LogP contribution in [0.3, 0.4) is 0 Å². The molecule has 1 heterocycles. The second-order valence-corrected chi connectivity index (χ2v) is 7.08. The smallest absolute Gasteiger partial charge is 0.255 e. The summed E-state index contributed by atoms with van der Waals surface area (Å²) in [6, 6.07) is 13.1. The minimum Gasteiger partial charge on any atom is -0.493 e. The number of hydrogen-bond acceptors (Lipinski definition) is 5. The Hall–Kier alpha value is -3.48. The van der Waals surface area contributed by atoms with Crippen LogP contribution >= 0.6 is 0 Å². The molecule has 0 aromatic heterocycles. The van der Waals surface area contributed by atoms with E-state index in [0.717, 1.165) is 24.3 Å². The van der Waals surface area contributed by atoms with Gasteiger partial charge >= 0.3 is 0 Å². The molecule has 1 aliphatic rings. The van der Waals surface area contributed by atoms with Crippen molar-refractivity contribution in [2.24, 2.45) is 5.73 Å². The lowest BCUT2D eigenvalue weighted by molar-refractivity contribution is -0.120. The number of hydrogen-bond donors (Lipinski definition) is 2. The SMILES string of the molecule is COc1cc(/C=C/C(=O)Nc2ccc(N3CCCCC3)cc2)ccc1OCC(N)=O. The first kappa shape index (κ1) is 21.2. The first-order chi connectivity index (χ1) is 14.5. The summed E-state index contributed by atoms with van der Waals surface area (Å²) < 4.78 is 10.6. The molecule has 0 unspecified atom stereocenters. The number of nitrogens with zero attached hydrogens (tertiary/aromatic N) is 1. The van der Waals surface area contributed by atoms with Crippen LogP contribution in [0.4, 0.5) is 11.4 Å². The van der Waals surface area contributed by atoms with Crippen LogP contribution in [0.1, 0.15) is 24.8 Å². The standard InChI is InChI=1S/C23H27N3O4/c1-29-21-15-17(5-11-20(21)30-16-22(24)27)6-12-23(28)25-18-7-9-19(10-8-18)26-13-3-2-4-14-26/h5-12,15H,2-4,13-14,16H2,1H3,(H2,24,27)(H,25,28)/b12-6+. The maximum atomic E-state index is 12.3. The Morgan fingerprint density at radius 2 is 1.80 bits per heavy atom. The second-order valence-electron chi connectivity index (χ2n) is 7.08. The molecule has 0 saturated carbocycles. The summed E-state index contributed by atoms with van der Waals surface area (Å²) in [6.45, 7) is 1.94. The maximum Gasteiger partial charge on any atom is 0.255 e. The topological polar surface area (TPSA) is 93.9 Å². The first-order valence-electron chi connectivity index (χ1n) is 9.98. The van der Waals surface area contributed by atoms with E-state index in [-0.39, 0.29) is 12.5 Å². The van der Waals surface area contributed by atoms with Crippen molar-refractivity contribution in [3.8, 4) is 11.5 Å². The van der Waals surface area contributed by atoms with E-state index in [4.69, 9.17) is 15.2 Å². The second kappa shape index (κ2) is 10.3. The third-order valence-corrected chi connectivity index (χ3v) is 4.84. The average molecular weight is 409 g/mol. The van der Waals surface area contributed by atoms with Crippen LogP contribution in [-0.2, 0) is 9.59 Å². The van der Waals surface area contributed by atoms with Gasteiger partial charge in [-0.1, -0.05) is 6.07 Å². The quantitative estimate of drug-likeness (QED) is 0.653. The molecule has 1 aliphatic heterocycles. The number of nitrogens with one attached hydrogen (secondary N) is 1. The Balaban J connectivity index is 1.58. The van der Waals surface area contributed by atoms with Gasteiger partial charge in [0.05, 0.1) is 7.11 Å². The number of benzene rings is 2. The van der Waals surface area contributed by atoms with E-state index in [0.29, 0.717) is 11.5 Å². The number of methoxy groups -OCH3 is 1. The Bertz CT molecular complexity index is 903. The fraction of sp³-hybridized carbons (Fsp3) is 0.304. The Kier molecular flexibility index (Phi) is 7.32. The number of carbonyl (C=O) groups is 2. The van der Waals surface area contributed by atoms with Crippen molar-refractivity contribution in [3.05, 3.63) is 54.1 Å². The number of rotatable bonds is 8. The van der Waals surface area contributed by atoms with Crippen molar-refractivity contribution < 1.29 is 19.1 Å². The van der Waals surface area contributed by atoms with Crippen LogP contribution in [0.2, 0.25) is 0 Å². The lowest BCUT2D eigenvalue weighted by atomic mass is 10.1. The predicted octanol–water partition coefficient (Wildman–Crippen LogP) is 3.20. The molecule has 1 saturated heterocycles. The number of primary amides is 1. The zero-order valence-electron chi connectivity index (χ0n) is 17.1. The summed E-state index contributed by atoms with van der Waals surface area (Å²) in [4.78, 5) is 25.5. The lowest BCUT2D eigenvalue weighted by Crippen LogP contribution is -2.29. The summed E-state index contributed by atoms with van der Waals surface area (Å²) in [5, 5.41) is 2.86. The van der Waals surface area contributed by atoms with E-state index in [1.54, 1.807) is 24.3 Å². The number of carbonyl (C=O) groups excluding carboxylic acids is 2. The number of piperidine rings is 1. The molecule has 30 heavy (non-hydrogen) atoms. The normalized spacial score (nSPS) is 13.8. The molecule has 1 fully saturated rings. The molecule has 0 atom stereocenters. The van der Waals surface area contributed by atoms with Crippen LogP contribution < -0.4 is 25.4 Å². The van der Waals surface area contributed by atoms with Crippen molar-refractivity contribution in [2.75, 3.05) is 37.0 Å². The fourth-order valence-electron chi connectivity index (χ4n) is 3.32. The van der Waals surface area contributed by atoms with Crippen LogP contribution in [-0.4, -0.2) is 38.6 Å². The third-order valence-electron chi connectivity index (χ3n) is 4.84. The summed E-state index contributed by atoms with van der Waals surface area (Å²) in [7, 11) is 1.50. The van der Waals surface area contributed by atoms with Crippen LogP contribution in [0.5, 0.6) is 11.5 Å². The monoisotopic (exact) mass is 409 g/mol. The highest BCUT2D eigenvalue weighted by Gasteiger charge is 2.11. The van der Waals surface area contributed by atoms with Crippen LogP contribution in [0.25, 0.3) is 6.08 Å². The molecule has 0 spiro atoms. The predicted molar refractivity (Wildman–Crippen MR) is 118 cm³/mol. The summed E-state index contributed by atoms with van der Waals surface area (Å²) >= 11 is 0. The number of anilines is 2. The Morgan fingerprint density at radius 3 is 2.47 bits per heavy atom. The number of ether oxygens (including phenoxy) is 2. The molecule has 3 N–H and O–H groups in total. The van der Waals surface area contributed by atoms with Gasteiger partial charge in [0, 0.05) is 30.5 Å². The third kappa shape index (κ3) is 6.01. The average Bonchev–Trinajstić information content (AvgIpc) is 2.77. The minimum absolute atomic E-state index is 0.228. The highest BCUT2D eigenvalue weighted by Crippen LogP contribution is 2.28. The summed E-state index contributed by atoms with van der Waals surface area (Å²) in [5.41, 5.74) is 7.78. The van der Waals surface area contributed by atoms with Crippen molar-refractivity contribution in [3.63, 3.8) is 0 Å². The van der Waals surface area contributed by atoms with E-state index >= 15 is 0 Å². The summed E-state index contributed by atoms with van der Waals surface area (Å²) in [6.07, 6.45) is 6.89. The van der Waals surface area contributed by atoms with Gasteiger partial charge in [-0.3, -0.25) is 9.59 Å². The Labute approximate surface area is 176 Å². The van der Waals surface area contributed by atoms with Crippen molar-refractivity contribution in [1.82, 2.24) is 0 Å². The fourth-order valence-corrected chi connectivity index (χ4v) is 3.32. The molecular weight excluding hydrogens is 382 g/mol. The van der Waals surface area contributed by atoms with Crippen molar-refractivity contribution in [2.45, 2.75) is 19.3 Å². The molecule has 0 radical (unpaired) electrons. The molecule has 7 heteroatoms. The largest absolute Gasteiger partial charge is 0.493 e. The molecule has 3 rings (SSSR count). The van der Waals surface area contributed by atoms with Gasteiger partial charge in [-0.15, -0.1) is 0 Å². The van der Waals surface area contributed by atoms with E-state index in [9.17, 15) is 9.59 Å². The molecule has 2 aromatic carbocycles. The van der Waals surface area contributed by atoms with Crippen molar-refractivity contribution in [1.29, 1.82) is 0 Å². The first-order valence-corrected chi connectivity index (χ1v) is 9.98. The van der Waals surface area contributed by atoms with Crippen LogP contribution in [0, 0.1) is 0 Å². The molecule has 2 aromatic rings. The zero-order chi connectivity index (χ0) is 21.3. The zero-order valence-corrected chi connectivity index (χ0v) is 17.1. The van der Waals surface area contributed by atoms with E-state index in [1.807, 2.05) is 24.3 Å². The summed E-state index contributed by atoms with van der Waals surface area (Å²) in [5.74, 6) is 0.0641. The van der Waals surface area contributed by atoms with Gasteiger partial charge in [0.15, 0.2) is 18.1 Å². The van der Waals surface area contributed by atoms with Gasteiger partial charge in [0.2, 0.25) is 5.91 Å². The van der Waals surface area contributed by atoms with Gasteiger partial charge in [0.25, 0.3) is 5.91 Å². The molecule has 7 nitrogen and oxygen atoms in total. The maximum absolute atomic E-state index is 12.3. The van der Waals surface area contributed by atoms with E-state index in [2.05, 4.69) is 10.2 Å². The highest BCUT2D eigenvalue weighted by molar-refractivity contribution is 6.02. The van der Waals surface area contributed by atoms with Gasteiger partial charge in [-0.05, 0) is 67.3 Å². The van der Waals surface area contributed by atoms with Gasteiger partial charge in [-0.2, -0.15) is 0 Å². The highest BCUT2D eigenvalue weighted by atomic mass is 16.5. The van der Waals surface area contributed by atoms with Gasteiger partial charge < -0.3 is 25.4 Å². The lowest BCUT2D eigenvalue weighted by Gasteiger charge is -2.28.